The van der Waals surface area contributed by atoms with Crippen molar-refractivity contribution in [1.82, 2.24) is 0 Å². The standard InChI is InChI=1S/C29H28O2/c30-27(31-20-6-9-21-7-2-1-3-8-21)13-5-10-22-14-15-25-17-16-23-11-4-12-24-18-19-26(22)29(25)28(23)24/h1-2,4,8,11-12,14-19H,3,5-7,9-10,13,20H2. The minimum Gasteiger partial charge on any atom is -0.466 e. The molecule has 0 N–H and O–H groups in total. The Morgan fingerprint density at radius 1 is 0.806 bits per heavy atom. The summed E-state index contributed by atoms with van der Waals surface area (Å²) in [6.07, 6.45) is 12.9. The lowest BCUT2D eigenvalue weighted by Gasteiger charge is -2.14. The van der Waals surface area contributed by atoms with E-state index in [4.69, 9.17) is 4.74 Å². The lowest BCUT2D eigenvalue weighted by atomic mass is 9.90. The Hall–Kier alpha value is -3.13. The summed E-state index contributed by atoms with van der Waals surface area (Å²) < 4.78 is 5.47. The fraction of sp³-hybridized carbons (Fsp3) is 0.276. The van der Waals surface area contributed by atoms with E-state index in [0.717, 1.165) is 38.5 Å². The van der Waals surface area contributed by atoms with Crippen LogP contribution in [0.1, 0.15) is 44.1 Å². The summed E-state index contributed by atoms with van der Waals surface area (Å²) in [5, 5.41) is 7.87. The van der Waals surface area contributed by atoms with Crippen LogP contribution >= 0.6 is 0 Å². The molecule has 2 heteroatoms. The molecule has 1 aliphatic carbocycles. The zero-order valence-electron chi connectivity index (χ0n) is 17.9. The largest absolute Gasteiger partial charge is 0.466 e. The Morgan fingerprint density at radius 2 is 1.58 bits per heavy atom. The molecular formula is C29H28O2. The first kappa shape index (κ1) is 19.8. The number of hydrogen-bond acceptors (Lipinski definition) is 2. The van der Waals surface area contributed by atoms with Crippen LogP contribution in [0.3, 0.4) is 0 Å². The Bertz CT molecular complexity index is 1260. The number of ether oxygens (including phenoxy) is 1. The summed E-state index contributed by atoms with van der Waals surface area (Å²) in [5.41, 5.74) is 2.78. The van der Waals surface area contributed by atoms with Crippen molar-refractivity contribution in [2.45, 2.75) is 44.9 Å². The molecule has 2 nitrogen and oxygen atoms in total. The van der Waals surface area contributed by atoms with Crippen molar-refractivity contribution in [1.29, 1.82) is 0 Å². The van der Waals surface area contributed by atoms with Crippen LogP contribution in [0.25, 0.3) is 32.3 Å². The molecule has 0 fully saturated rings. The number of carbonyl (C=O) groups is 1. The van der Waals surface area contributed by atoms with Crippen molar-refractivity contribution in [3.05, 3.63) is 84.0 Å². The van der Waals surface area contributed by atoms with E-state index in [1.165, 1.54) is 43.5 Å². The van der Waals surface area contributed by atoms with Gasteiger partial charge in [0.25, 0.3) is 0 Å². The van der Waals surface area contributed by atoms with Crippen LogP contribution in [0.15, 0.2) is 78.4 Å². The van der Waals surface area contributed by atoms with Gasteiger partial charge in [-0.1, -0.05) is 78.4 Å². The van der Waals surface area contributed by atoms with Gasteiger partial charge in [0.1, 0.15) is 0 Å². The summed E-state index contributed by atoms with van der Waals surface area (Å²) in [4.78, 5) is 12.2. The predicted octanol–water partition coefficient (Wildman–Crippen LogP) is 7.51. The van der Waals surface area contributed by atoms with Crippen LogP contribution in [0, 0.1) is 0 Å². The van der Waals surface area contributed by atoms with Gasteiger partial charge in [0.15, 0.2) is 0 Å². The lowest BCUT2D eigenvalue weighted by Crippen LogP contribution is -2.06. The average molecular weight is 409 g/mol. The Morgan fingerprint density at radius 3 is 2.39 bits per heavy atom. The molecule has 0 radical (unpaired) electrons. The summed E-state index contributed by atoms with van der Waals surface area (Å²) in [5.74, 6) is -0.0739. The molecule has 0 heterocycles. The van der Waals surface area contributed by atoms with Gasteiger partial charge in [0, 0.05) is 6.42 Å². The van der Waals surface area contributed by atoms with Gasteiger partial charge < -0.3 is 4.74 Å². The summed E-state index contributed by atoms with van der Waals surface area (Å²) in [6, 6.07) is 19.8. The third-order valence-electron chi connectivity index (χ3n) is 6.44. The highest BCUT2D eigenvalue weighted by Gasteiger charge is 2.11. The number of esters is 1. The smallest absolute Gasteiger partial charge is 0.305 e. The highest BCUT2D eigenvalue weighted by molar-refractivity contribution is 6.23. The zero-order chi connectivity index (χ0) is 21.0. The molecule has 0 atom stereocenters. The second kappa shape index (κ2) is 8.93. The number of carbonyl (C=O) groups excluding carboxylic acids is 1. The predicted molar refractivity (Wildman–Crippen MR) is 130 cm³/mol. The monoisotopic (exact) mass is 408 g/mol. The van der Waals surface area contributed by atoms with Crippen molar-refractivity contribution in [3.63, 3.8) is 0 Å². The van der Waals surface area contributed by atoms with Gasteiger partial charge in [-0.05, 0) is 76.4 Å². The van der Waals surface area contributed by atoms with Crippen LogP contribution < -0.4 is 0 Å². The number of benzene rings is 4. The number of rotatable bonds is 8. The van der Waals surface area contributed by atoms with Crippen molar-refractivity contribution in [3.8, 4) is 0 Å². The highest BCUT2D eigenvalue weighted by Crippen LogP contribution is 2.36. The third kappa shape index (κ3) is 4.20. The molecule has 0 amide bonds. The average Bonchev–Trinajstić information content (AvgIpc) is 2.82. The van der Waals surface area contributed by atoms with E-state index >= 15 is 0 Å². The van der Waals surface area contributed by atoms with Gasteiger partial charge in [-0.3, -0.25) is 4.79 Å². The maximum atomic E-state index is 12.2. The zero-order valence-corrected chi connectivity index (χ0v) is 17.9. The van der Waals surface area contributed by atoms with Crippen LogP contribution in [-0.4, -0.2) is 12.6 Å². The molecule has 0 spiro atoms. The van der Waals surface area contributed by atoms with Crippen molar-refractivity contribution in [2.24, 2.45) is 0 Å². The van der Waals surface area contributed by atoms with Crippen LogP contribution in [0.4, 0.5) is 0 Å². The molecule has 1 aliphatic rings. The number of hydrogen-bond donors (Lipinski definition) is 0. The van der Waals surface area contributed by atoms with Gasteiger partial charge in [0.05, 0.1) is 6.61 Å². The fourth-order valence-electron chi connectivity index (χ4n) is 4.85. The lowest BCUT2D eigenvalue weighted by molar-refractivity contribution is -0.143. The molecule has 0 bridgehead atoms. The topological polar surface area (TPSA) is 26.3 Å². The van der Waals surface area contributed by atoms with Crippen LogP contribution in [-0.2, 0) is 16.0 Å². The fourth-order valence-corrected chi connectivity index (χ4v) is 4.85. The molecular weight excluding hydrogens is 380 g/mol. The van der Waals surface area contributed by atoms with E-state index in [9.17, 15) is 4.79 Å². The van der Waals surface area contributed by atoms with Crippen molar-refractivity contribution < 1.29 is 9.53 Å². The number of aryl methyl sites for hydroxylation is 1. The molecule has 0 unspecified atom stereocenters. The maximum Gasteiger partial charge on any atom is 0.305 e. The SMILES string of the molecule is O=C(CCCc1ccc2ccc3cccc4ccc1c2c34)OCCCC1=CCC=CC1. The van der Waals surface area contributed by atoms with E-state index in [-0.39, 0.29) is 5.97 Å². The Labute approximate surface area is 183 Å². The molecule has 0 saturated heterocycles. The van der Waals surface area contributed by atoms with Crippen LogP contribution in [0.5, 0.6) is 0 Å². The molecule has 4 aromatic carbocycles. The quantitative estimate of drug-likeness (QED) is 0.130. The normalized spacial score (nSPS) is 13.9. The number of allylic oxidation sites excluding steroid dienone is 4. The van der Waals surface area contributed by atoms with E-state index in [1.54, 1.807) is 0 Å². The minimum absolute atomic E-state index is 0.0739. The van der Waals surface area contributed by atoms with Gasteiger partial charge in [-0.25, -0.2) is 0 Å². The maximum absolute atomic E-state index is 12.2. The highest BCUT2D eigenvalue weighted by atomic mass is 16.5. The molecule has 4 aromatic rings. The van der Waals surface area contributed by atoms with Gasteiger partial charge in [-0.2, -0.15) is 0 Å². The molecule has 0 aromatic heterocycles. The Balaban J connectivity index is 1.19. The second-order valence-electron chi connectivity index (χ2n) is 8.53. The van der Waals surface area contributed by atoms with E-state index in [0.29, 0.717) is 13.0 Å². The second-order valence-corrected chi connectivity index (χ2v) is 8.53. The van der Waals surface area contributed by atoms with Gasteiger partial charge in [-0.15, -0.1) is 0 Å². The first-order valence-corrected chi connectivity index (χ1v) is 11.4. The van der Waals surface area contributed by atoms with Crippen LogP contribution in [0.2, 0.25) is 0 Å². The van der Waals surface area contributed by atoms with E-state index in [2.05, 4.69) is 72.8 Å². The van der Waals surface area contributed by atoms with Crippen molar-refractivity contribution in [2.75, 3.05) is 6.61 Å². The molecule has 0 saturated carbocycles. The third-order valence-corrected chi connectivity index (χ3v) is 6.44. The minimum atomic E-state index is -0.0739. The summed E-state index contributed by atoms with van der Waals surface area (Å²) in [7, 11) is 0. The van der Waals surface area contributed by atoms with E-state index in [1.807, 2.05) is 0 Å². The van der Waals surface area contributed by atoms with Gasteiger partial charge in [0.2, 0.25) is 0 Å². The van der Waals surface area contributed by atoms with E-state index < -0.39 is 0 Å². The summed E-state index contributed by atoms with van der Waals surface area (Å²) >= 11 is 0. The first-order valence-electron chi connectivity index (χ1n) is 11.4. The first-order chi connectivity index (χ1) is 15.3. The van der Waals surface area contributed by atoms with Crippen molar-refractivity contribution >= 4 is 38.3 Å². The van der Waals surface area contributed by atoms with Gasteiger partial charge >= 0.3 is 5.97 Å². The molecule has 31 heavy (non-hydrogen) atoms. The Kier molecular flexibility index (Phi) is 5.71. The molecule has 156 valence electrons. The molecule has 5 rings (SSSR count). The summed E-state index contributed by atoms with van der Waals surface area (Å²) in [6.45, 7) is 0.526. The molecule has 0 aliphatic heterocycles.